The van der Waals surface area contributed by atoms with E-state index in [1.54, 1.807) is 0 Å². The number of carbonyl (C=O) groups excluding carboxylic acids is 1. The van der Waals surface area contributed by atoms with Gasteiger partial charge in [-0.1, -0.05) is 12.8 Å². The largest absolute Gasteiger partial charge is 0.465 e. The normalized spacial score (nSPS) is 21.9. The Morgan fingerprint density at radius 1 is 1.45 bits per heavy atom. The molecule has 2 rings (SSSR count). The standard InChI is InChI=1S/C13H20N2O5S.ClH/c1-19-13(16)10-6-12(20-8-10)21(17,18)15-11-5-3-2-4-9(11)7-14;/h6,8-9,11,15H,2-5,7,14H2,1H3;1H. The average molecular weight is 353 g/mol. The van der Waals surface area contributed by atoms with Gasteiger partial charge >= 0.3 is 5.97 Å². The summed E-state index contributed by atoms with van der Waals surface area (Å²) in [5.74, 6) is -0.513. The molecule has 0 amide bonds. The molecule has 1 aliphatic carbocycles. The summed E-state index contributed by atoms with van der Waals surface area (Å²) in [5.41, 5.74) is 5.76. The van der Waals surface area contributed by atoms with E-state index in [1.807, 2.05) is 0 Å². The molecule has 0 aliphatic heterocycles. The quantitative estimate of drug-likeness (QED) is 0.772. The van der Waals surface area contributed by atoms with Crippen molar-refractivity contribution in [1.29, 1.82) is 0 Å². The Kier molecular flexibility index (Phi) is 6.86. The van der Waals surface area contributed by atoms with Crippen molar-refractivity contribution in [2.75, 3.05) is 13.7 Å². The smallest absolute Gasteiger partial charge is 0.341 e. The first-order valence-corrected chi connectivity index (χ1v) is 8.35. The average Bonchev–Trinajstić information content (AvgIpc) is 2.97. The highest BCUT2D eigenvalue weighted by atomic mass is 35.5. The monoisotopic (exact) mass is 352 g/mol. The molecule has 9 heteroatoms. The fourth-order valence-electron chi connectivity index (χ4n) is 2.58. The highest BCUT2D eigenvalue weighted by molar-refractivity contribution is 7.89. The first-order chi connectivity index (χ1) is 9.97. The van der Waals surface area contributed by atoms with Crippen molar-refractivity contribution in [2.24, 2.45) is 11.7 Å². The zero-order chi connectivity index (χ0) is 15.5. The molecule has 0 saturated heterocycles. The third kappa shape index (κ3) is 4.22. The molecular formula is C13H21ClN2O5S. The summed E-state index contributed by atoms with van der Waals surface area (Å²) in [5, 5.41) is -0.288. The number of sulfonamides is 1. The van der Waals surface area contributed by atoms with Crippen LogP contribution in [-0.4, -0.2) is 34.1 Å². The highest BCUT2D eigenvalue weighted by Crippen LogP contribution is 2.25. The van der Waals surface area contributed by atoms with Crippen LogP contribution in [0.15, 0.2) is 21.8 Å². The van der Waals surface area contributed by atoms with Crippen LogP contribution < -0.4 is 10.5 Å². The van der Waals surface area contributed by atoms with E-state index < -0.39 is 16.0 Å². The molecule has 3 N–H and O–H groups in total. The maximum atomic E-state index is 12.3. The number of hydrogen-bond donors (Lipinski definition) is 2. The van der Waals surface area contributed by atoms with E-state index in [0.29, 0.717) is 6.54 Å². The minimum Gasteiger partial charge on any atom is -0.465 e. The van der Waals surface area contributed by atoms with E-state index in [2.05, 4.69) is 9.46 Å². The van der Waals surface area contributed by atoms with Gasteiger partial charge in [-0.3, -0.25) is 0 Å². The molecule has 1 saturated carbocycles. The fraction of sp³-hybridized carbons (Fsp3) is 0.615. The lowest BCUT2D eigenvalue weighted by molar-refractivity contribution is 0.0600. The molecule has 1 aromatic rings. The van der Waals surface area contributed by atoms with Crippen molar-refractivity contribution >= 4 is 28.4 Å². The van der Waals surface area contributed by atoms with Crippen LogP contribution in [0, 0.1) is 5.92 Å². The Bertz CT molecular complexity index is 601. The molecule has 1 aromatic heterocycles. The molecule has 2 unspecified atom stereocenters. The van der Waals surface area contributed by atoms with E-state index >= 15 is 0 Å². The third-order valence-corrected chi connectivity index (χ3v) is 5.14. The van der Waals surface area contributed by atoms with Gasteiger partial charge in [0.1, 0.15) is 6.26 Å². The van der Waals surface area contributed by atoms with Crippen LogP contribution in [0.1, 0.15) is 36.0 Å². The van der Waals surface area contributed by atoms with Crippen molar-refractivity contribution in [3.05, 3.63) is 17.9 Å². The zero-order valence-corrected chi connectivity index (χ0v) is 13.9. The number of furan rings is 1. The van der Waals surface area contributed by atoms with Crippen LogP contribution in [0.4, 0.5) is 0 Å². The van der Waals surface area contributed by atoms with Crippen LogP contribution in [0.5, 0.6) is 0 Å². The molecule has 22 heavy (non-hydrogen) atoms. The number of esters is 1. The van der Waals surface area contributed by atoms with Gasteiger partial charge in [0, 0.05) is 12.1 Å². The molecule has 0 radical (unpaired) electrons. The van der Waals surface area contributed by atoms with E-state index in [-0.39, 0.29) is 35.0 Å². The van der Waals surface area contributed by atoms with E-state index in [4.69, 9.17) is 10.2 Å². The zero-order valence-electron chi connectivity index (χ0n) is 12.3. The Morgan fingerprint density at radius 2 is 2.14 bits per heavy atom. The minimum absolute atomic E-state index is 0. The van der Waals surface area contributed by atoms with Crippen LogP contribution in [-0.2, 0) is 14.8 Å². The summed E-state index contributed by atoms with van der Waals surface area (Å²) < 4.78 is 36.7. The maximum Gasteiger partial charge on any atom is 0.341 e. The van der Waals surface area contributed by atoms with Gasteiger partial charge in [-0.15, -0.1) is 12.4 Å². The number of nitrogens with two attached hydrogens (primary N) is 1. The summed E-state index contributed by atoms with van der Waals surface area (Å²) in [6.45, 7) is 0.443. The molecule has 2 atom stereocenters. The summed E-state index contributed by atoms with van der Waals surface area (Å²) in [6, 6.07) is 0.967. The fourth-order valence-corrected chi connectivity index (χ4v) is 3.87. The Morgan fingerprint density at radius 3 is 2.77 bits per heavy atom. The lowest BCUT2D eigenvalue weighted by Gasteiger charge is -2.30. The molecule has 0 bridgehead atoms. The Balaban J connectivity index is 0.00000242. The number of halogens is 1. The van der Waals surface area contributed by atoms with Gasteiger partial charge in [0.05, 0.1) is 12.7 Å². The van der Waals surface area contributed by atoms with E-state index in [0.717, 1.165) is 38.0 Å². The highest BCUT2D eigenvalue weighted by Gasteiger charge is 2.30. The number of ether oxygens (including phenoxy) is 1. The number of methoxy groups -OCH3 is 1. The lowest BCUT2D eigenvalue weighted by Crippen LogP contribution is -2.44. The second-order valence-corrected chi connectivity index (χ2v) is 6.80. The van der Waals surface area contributed by atoms with Gasteiger partial charge in [-0.05, 0) is 25.3 Å². The summed E-state index contributed by atoms with van der Waals surface area (Å²) in [6.07, 6.45) is 4.77. The van der Waals surface area contributed by atoms with Crippen LogP contribution in [0.3, 0.4) is 0 Å². The SMILES string of the molecule is COC(=O)c1coc(S(=O)(=O)NC2CCCCC2CN)c1.Cl. The molecular weight excluding hydrogens is 332 g/mol. The summed E-state index contributed by atoms with van der Waals surface area (Å²) in [7, 11) is -2.59. The van der Waals surface area contributed by atoms with Gasteiger partial charge in [-0.2, -0.15) is 0 Å². The third-order valence-electron chi connectivity index (χ3n) is 3.78. The first kappa shape index (κ1) is 19.0. The van der Waals surface area contributed by atoms with E-state index in [1.165, 1.54) is 7.11 Å². The van der Waals surface area contributed by atoms with Crippen molar-refractivity contribution < 1.29 is 22.4 Å². The molecule has 1 aliphatic rings. The molecule has 0 spiro atoms. The summed E-state index contributed by atoms with van der Waals surface area (Å²) in [4.78, 5) is 11.3. The van der Waals surface area contributed by atoms with Crippen molar-refractivity contribution in [3.63, 3.8) is 0 Å². The Labute approximate surface area is 136 Å². The molecule has 1 heterocycles. The van der Waals surface area contributed by atoms with Gasteiger partial charge in [0.2, 0.25) is 5.09 Å². The van der Waals surface area contributed by atoms with Gasteiger partial charge in [0.15, 0.2) is 0 Å². The van der Waals surface area contributed by atoms with Gasteiger partial charge < -0.3 is 14.9 Å². The minimum atomic E-state index is -3.80. The first-order valence-electron chi connectivity index (χ1n) is 6.87. The van der Waals surface area contributed by atoms with Crippen LogP contribution in [0.25, 0.3) is 0 Å². The van der Waals surface area contributed by atoms with Crippen molar-refractivity contribution in [3.8, 4) is 0 Å². The maximum absolute atomic E-state index is 12.3. The predicted octanol–water partition coefficient (Wildman–Crippen LogP) is 1.28. The summed E-state index contributed by atoms with van der Waals surface area (Å²) >= 11 is 0. The molecule has 7 nitrogen and oxygen atoms in total. The van der Waals surface area contributed by atoms with Crippen LogP contribution >= 0.6 is 12.4 Å². The topological polar surface area (TPSA) is 112 Å². The van der Waals surface area contributed by atoms with E-state index in [9.17, 15) is 13.2 Å². The number of carbonyl (C=O) groups is 1. The number of rotatable bonds is 5. The predicted molar refractivity (Wildman–Crippen MR) is 82.4 cm³/mol. The molecule has 126 valence electrons. The number of hydrogen-bond acceptors (Lipinski definition) is 6. The second kappa shape index (κ2) is 7.96. The Hall–Kier alpha value is -1.09. The number of nitrogens with one attached hydrogen (secondary N) is 1. The molecule has 1 fully saturated rings. The van der Waals surface area contributed by atoms with Gasteiger partial charge in [-0.25, -0.2) is 17.9 Å². The van der Waals surface area contributed by atoms with Crippen LogP contribution in [0.2, 0.25) is 0 Å². The van der Waals surface area contributed by atoms with Gasteiger partial charge in [0.25, 0.3) is 10.0 Å². The van der Waals surface area contributed by atoms with Crippen molar-refractivity contribution in [2.45, 2.75) is 36.8 Å². The lowest BCUT2D eigenvalue weighted by atomic mass is 9.85. The molecule has 0 aromatic carbocycles. The second-order valence-electron chi connectivity index (χ2n) is 5.15. The van der Waals surface area contributed by atoms with Crippen molar-refractivity contribution in [1.82, 2.24) is 4.72 Å².